The van der Waals surface area contributed by atoms with E-state index in [1.54, 1.807) is 4.90 Å². The Hall–Kier alpha value is -2.42. The maximum atomic E-state index is 12.9. The van der Waals surface area contributed by atoms with E-state index in [9.17, 15) is 18.0 Å². The van der Waals surface area contributed by atoms with Crippen molar-refractivity contribution in [1.82, 2.24) is 19.7 Å². The van der Waals surface area contributed by atoms with Crippen LogP contribution in [0.15, 0.2) is 24.4 Å². The molecule has 0 fully saturated rings. The molecule has 1 unspecified atom stereocenters. The average Bonchev–Trinajstić information content (AvgIpc) is 3.27. The number of halogens is 3. The summed E-state index contributed by atoms with van der Waals surface area (Å²) < 4.78 is 41.2. The van der Waals surface area contributed by atoms with Gasteiger partial charge in [-0.25, -0.2) is 4.98 Å². The molecule has 2 heterocycles. The number of aromatic nitrogens is 3. The van der Waals surface area contributed by atoms with Crippen LogP contribution in [-0.4, -0.2) is 32.6 Å². The zero-order valence-corrected chi connectivity index (χ0v) is 17.0. The average molecular weight is 422 g/mol. The molecule has 29 heavy (non-hydrogen) atoms. The lowest BCUT2D eigenvalue weighted by atomic mass is 9.92. The number of carbonyl (C=O) groups excluding carboxylic acids is 1. The van der Waals surface area contributed by atoms with Gasteiger partial charge >= 0.3 is 6.18 Å². The first-order valence-corrected chi connectivity index (χ1v) is 10.3. The first-order valence-electron chi connectivity index (χ1n) is 9.47. The first kappa shape index (κ1) is 19.9. The van der Waals surface area contributed by atoms with Crippen LogP contribution in [0, 0.1) is 0 Å². The number of nitrogens with zero attached hydrogens (tertiary/aromatic N) is 4. The van der Waals surface area contributed by atoms with Gasteiger partial charge in [0.2, 0.25) is 5.91 Å². The third-order valence-corrected chi connectivity index (χ3v) is 6.61. The van der Waals surface area contributed by atoms with Crippen molar-refractivity contribution in [3.63, 3.8) is 0 Å². The summed E-state index contributed by atoms with van der Waals surface area (Å²) in [5.41, 5.74) is 1.90. The summed E-state index contributed by atoms with van der Waals surface area (Å²) in [4.78, 5) is 18.8. The van der Waals surface area contributed by atoms with Crippen LogP contribution in [0.2, 0.25) is 0 Å². The molecule has 3 aromatic rings. The maximum absolute atomic E-state index is 12.9. The molecule has 1 aliphatic carbocycles. The summed E-state index contributed by atoms with van der Waals surface area (Å²) >= 11 is 1.34. The molecule has 0 saturated heterocycles. The molecule has 4 rings (SSSR count). The fourth-order valence-electron chi connectivity index (χ4n) is 3.91. The molecule has 0 N–H and O–H groups in total. The van der Waals surface area contributed by atoms with Crippen LogP contribution in [0.25, 0.3) is 10.2 Å². The second-order valence-electron chi connectivity index (χ2n) is 7.37. The molecule has 1 aromatic carbocycles. The molecular weight excluding hydrogens is 401 g/mol. The van der Waals surface area contributed by atoms with Crippen molar-refractivity contribution in [2.45, 2.75) is 44.3 Å². The summed E-state index contributed by atoms with van der Waals surface area (Å²) in [5.74, 6) is 0.00180. The molecule has 154 valence electrons. The Kier molecular flexibility index (Phi) is 5.10. The number of aryl methyl sites for hydroxylation is 2. The minimum absolute atomic E-state index is 0.00180. The van der Waals surface area contributed by atoms with Crippen molar-refractivity contribution >= 4 is 27.5 Å². The Morgan fingerprint density at radius 3 is 2.93 bits per heavy atom. The van der Waals surface area contributed by atoms with Gasteiger partial charge in [-0.2, -0.15) is 18.3 Å². The van der Waals surface area contributed by atoms with E-state index in [0.717, 1.165) is 37.0 Å². The van der Waals surface area contributed by atoms with Crippen LogP contribution < -0.4 is 0 Å². The predicted octanol–water partition coefficient (Wildman–Crippen LogP) is 4.52. The molecule has 5 nitrogen and oxygen atoms in total. The Balaban J connectivity index is 1.44. The van der Waals surface area contributed by atoms with Gasteiger partial charge in [-0.05, 0) is 37.5 Å². The highest BCUT2D eigenvalue weighted by Gasteiger charge is 2.31. The standard InChI is InChI=1S/C20H21F3N4OS/c1-26(15-4-3-5-16-13(15)11-24-27(16)2)19(28)9-8-18-25-14-10-12(20(21,22)23)6-7-17(14)29-18/h6-7,10-11,15H,3-5,8-9H2,1-2H3. The SMILES string of the molecule is CN(C(=O)CCc1nc2cc(C(F)(F)F)ccc2s1)C1CCCc2c1cnn2C. The van der Waals surface area contributed by atoms with Gasteiger partial charge in [0, 0.05) is 38.2 Å². The summed E-state index contributed by atoms with van der Waals surface area (Å²) in [6, 6.07) is 3.59. The van der Waals surface area contributed by atoms with Crippen LogP contribution in [0.3, 0.4) is 0 Å². The second kappa shape index (κ2) is 7.44. The highest BCUT2D eigenvalue weighted by atomic mass is 32.1. The number of thiazole rings is 1. The molecular formula is C20H21F3N4OS. The van der Waals surface area contributed by atoms with Gasteiger partial charge in [-0.15, -0.1) is 11.3 Å². The van der Waals surface area contributed by atoms with Gasteiger partial charge in [-0.1, -0.05) is 0 Å². The van der Waals surface area contributed by atoms with Gasteiger partial charge in [0.1, 0.15) is 0 Å². The lowest BCUT2D eigenvalue weighted by molar-refractivity contribution is -0.137. The molecule has 1 amide bonds. The molecule has 1 atom stereocenters. The number of fused-ring (bicyclic) bond motifs is 2. The zero-order chi connectivity index (χ0) is 20.8. The zero-order valence-electron chi connectivity index (χ0n) is 16.2. The van der Waals surface area contributed by atoms with Gasteiger partial charge in [-0.3, -0.25) is 9.48 Å². The van der Waals surface area contributed by atoms with E-state index in [2.05, 4.69) is 10.1 Å². The Morgan fingerprint density at radius 1 is 1.38 bits per heavy atom. The van der Waals surface area contributed by atoms with Crippen LogP contribution in [0.4, 0.5) is 13.2 Å². The molecule has 0 spiro atoms. The van der Waals surface area contributed by atoms with E-state index < -0.39 is 11.7 Å². The van der Waals surface area contributed by atoms with Crippen LogP contribution >= 0.6 is 11.3 Å². The number of alkyl halides is 3. The van der Waals surface area contributed by atoms with Gasteiger partial charge in [0.05, 0.1) is 33.0 Å². The van der Waals surface area contributed by atoms with Crippen molar-refractivity contribution in [1.29, 1.82) is 0 Å². The van der Waals surface area contributed by atoms with E-state index in [4.69, 9.17) is 0 Å². The summed E-state index contributed by atoms with van der Waals surface area (Å²) in [6.07, 6.45) is 1.02. The van der Waals surface area contributed by atoms with Crippen molar-refractivity contribution in [2.75, 3.05) is 7.05 Å². The number of benzene rings is 1. The van der Waals surface area contributed by atoms with E-state index in [1.807, 2.05) is 25.0 Å². The quantitative estimate of drug-likeness (QED) is 0.621. The van der Waals surface area contributed by atoms with Crippen LogP contribution in [0.5, 0.6) is 0 Å². The largest absolute Gasteiger partial charge is 0.416 e. The molecule has 0 radical (unpaired) electrons. The van der Waals surface area contributed by atoms with Gasteiger partial charge < -0.3 is 4.90 Å². The monoisotopic (exact) mass is 422 g/mol. The minimum Gasteiger partial charge on any atom is -0.339 e. The fourth-order valence-corrected chi connectivity index (χ4v) is 4.85. The van der Waals surface area contributed by atoms with Gasteiger partial charge in [0.25, 0.3) is 0 Å². The second-order valence-corrected chi connectivity index (χ2v) is 8.49. The molecule has 0 bridgehead atoms. The maximum Gasteiger partial charge on any atom is 0.416 e. The number of rotatable bonds is 4. The van der Waals surface area contributed by atoms with Crippen LogP contribution in [0.1, 0.15) is 47.1 Å². The fraction of sp³-hybridized carbons (Fsp3) is 0.450. The summed E-state index contributed by atoms with van der Waals surface area (Å²) in [7, 11) is 3.73. The number of hydrogen-bond acceptors (Lipinski definition) is 4. The van der Waals surface area contributed by atoms with Crippen molar-refractivity contribution in [3.05, 3.63) is 46.2 Å². The lowest BCUT2D eigenvalue weighted by Crippen LogP contribution is -2.33. The van der Waals surface area contributed by atoms with Crippen molar-refractivity contribution in [2.24, 2.45) is 7.05 Å². The third kappa shape index (κ3) is 3.88. The normalized spacial score (nSPS) is 16.8. The summed E-state index contributed by atoms with van der Waals surface area (Å²) in [5, 5.41) is 5.00. The third-order valence-electron chi connectivity index (χ3n) is 5.52. The molecule has 1 aliphatic rings. The van der Waals surface area contributed by atoms with Crippen molar-refractivity contribution < 1.29 is 18.0 Å². The van der Waals surface area contributed by atoms with Crippen LogP contribution in [-0.2, 0) is 30.9 Å². The molecule has 2 aromatic heterocycles. The lowest BCUT2D eigenvalue weighted by Gasteiger charge is -2.31. The van der Waals surface area contributed by atoms with E-state index in [-0.39, 0.29) is 18.4 Å². The van der Waals surface area contributed by atoms with Crippen molar-refractivity contribution in [3.8, 4) is 0 Å². The van der Waals surface area contributed by atoms with E-state index in [1.165, 1.54) is 23.1 Å². The number of amides is 1. The minimum atomic E-state index is -4.39. The first-order chi connectivity index (χ1) is 13.7. The highest BCUT2D eigenvalue weighted by Crippen LogP contribution is 2.35. The number of hydrogen-bond donors (Lipinski definition) is 0. The molecule has 9 heteroatoms. The van der Waals surface area contributed by atoms with Gasteiger partial charge in [0.15, 0.2) is 0 Å². The Labute approximate surface area is 170 Å². The van der Waals surface area contributed by atoms with E-state index in [0.29, 0.717) is 21.6 Å². The smallest absolute Gasteiger partial charge is 0.339 e. The summed E-state index contributed by atoms with van der Waals surface area (Å²) in [6.45, 7) is 0. The topological polar surface area (TPSA) is 51.0 Å². The predicted molar refractivity (Wildman–Crippen MR) is 105 cm³/mol. The highest BCUT2D eigenvalue weighted by molar-refractivity contribution is 7.18. The Morgan fingerprint density at radius 2 is 2.17 bits per heavy atom. The van der Waals surface area contributed by atoms with E-state index >= 15 is 0 Å². The molecule has 0 saturated carbocycles. The molecule has 0 aliphatic heterocycles. The Bertz CT molecular complexity index is 1060. The number of carbonyl (C=O) groups is 1.